The molecule has 1 aromatic carbocycles. The highest BCUT2D eigenvalue weighted by molar-refractivity contribution is 9.10. The predicted molar refractivity (Wildman–Crippen MR) is 66.4 cm³/mol. The van der Waals surface area contributed by atoms with Crippen LogP contribution in [0.1, 0.15) is 11.3 Å². The molecule has 0 amide bonds. The number of aromatic nitrogens is 2. The predicted octanol–water partition coefficient (Wildman–Crippen LogP) is 2.31. The van der Waals surface area contributed by atoms with Crippen molar-refractivity contribution in [2.24, 2.45) is 0 Å². The molecule has 1 heterocycles. The third kappa shape index (κ3) is 3.25. The van der Waals surface area contributed by atoms with Crippen molar-refractivity contribution >= 4 is 15.9 Å². The van der Waals surface area contributed by atoms with Crippen molar-refractivity contribution in [1.29, 1.82) is 0 Å². The Bertz CT molecular complexity index is 488. The minimum atomic E-state index is -0.114. The number of halogens is 1. The van der Waals surface area contributed by atoms with Crippen LogP contribution >= 0.6 is 15.9 Å². The van der Waals surface area contributed by atoms with E-state index in [2.05, 4.69) is 25.9 Å². The topological polar surface area (TPSA) is 55.2 Å². The van der Waals surface area contributed by atoms with Gasteiger partial charge in [0.25, 0.3) is 0 Å². The summed E-state index contributed by atoms with van der Waals surface area (Å²) in [7, 11) is 0. The van der Waals surface area contributed by atoms with E-state index in [4.69, 9.17) is 9.84 Å². The number of benzene rings is 1. The summed E-state index contributed by atoms with van der Waals surface area (Å²) in [6, 6.07) is 7.83. The van der Waals surface area contributed by atoms with Gasteiger partial charge in [0.15, 0.2) is 0 Å². The Morgan fingerprint density at radius 3 is 2.65 bits per heavy atom. The highest BCUT2D eigenvalue weighted by atomic mass is 79.9. The quantitative estimate of drug-likeness (QED) is 0.940. The third-order valence-corrected chi connectivity index (χ3v) is 2.95. The molecule has 4 nitrogen and oxygen atoms in total. The van der Waals surface area contributed by atoms with E-state index in [0.29, 0.717) is 18.2 Å². The van der Waals surface area contributed by atoms with E-state index < -0.39 is 0 Å². The van der Waals surface area contributed by atoms with Gasteiger partial charge in [-0.3, -0.25) is 4.98 Å². The summed E-state index contributed by atoms with van der Waals surface area (Å²) in [5.41, 5.74) is 1.57. The number of aliphatic hydroxyl groups excluding tert-OH is 1. The second kappa shape index (κ2) is 5.75. The number of ether oxygens (including phenoxy) is 1. The van der Waals surface area contributed by atoms with Gasteiger partial charge in [0.1, 0.15) is 6.61 Å². The smallest absolute Gasteiger partial charge is 0.232 e. The molecule has 2 rings (SSSR count). The van der Waals surface area contributed by atoms with Crippen molar-refractivity contribution in [3.63, 3.8) is 0 Å². The van der Waals surface area contributed by atoms with Gasteiger partial charge in [-0.2, -0.15) is 0 Å². The summed E-state index contributed by atoms with van der Waals surface area (Å²) in [4.78, 5) is 8.02. The van der Waals surface area contributed by atoms with Crippen molar-refractivity contribution in [2.45, 2.75) is 13.2 Å². The van der Waals surface area contributed by atoms with Gasteiger partial charge in [-0.15, -0.1) is 0 Å². The molecule has 0 bridgehead atoms. The molecule has 0 fully saturated rings. The van der Waals surface area contributed by atoms with Gasteiger partial charge < -0.3 is 9.84 Å². The fourth-order valence-electron chi connectivity index (χ4n) is 1.27. The Hall–Kier alpha value is -1.46. The molecule has 0 unspecified atom stereocenters. The second-order valence-corrected chi connectivity index (χ2v) is 4.24. The maximum atomic E-state index is 8.82. The van der Waals surface area contributed by atoms with Crippen LogP contribution in [-0.4, -0.2) is 15.1 Å². The zero-order valence-corrected chi connectivity index (χ0v) is 10.6. The molecule has 0 radical (unpaired) electrons. The van der Waals surface area contributed by atoms with Crippen molar-refractivity contribution in [3.8, 4) is 5.88 Å². The van der Waals surface area contributed by atoms with E-state index in [0.717, 1.165) is 10.0 Å². The average Bonchev–Trinajstić information content (AvgIpc) is 2.38. The Kier molecular flexibility index (Phi) is 4.06. The molecule has 0 atom stereocenters. The van der Waals surface area contributed by atoms with Gasteiger partial charge in [0.2, 0.25) is 5.88 Å². The van der Waals surface area contributed by atoms with Gasteiger partial charge in [-0.25, -0.2) is 4.98 Å². The van der Waals surface area contributed by atoms with Crippen LogP contribution < -0.4 is 4.74 Å². The molecule has 0 saturated heterocycles. The first-order valence-electron chi connectivity index (χ1n) is 5.07. The Labute approximate surface area is 107 Å². The molecule has 1 N–H and O–H groups in total. The van der Waals surface area contributed by atoms with Crippen LogP contribution in [0.15, 0.2) is 41.1 Å². The van der Waals surface area contributed by atoms with Crippen LogP contribution in [0.5, 0.6) is 5.88 Å². The van der Waals surface area contributed by atoms with Gasteiger partial charge in [0.05, 0.1) is 24.7 Å². The molecule has 2 aromatic rings. The van der Waals surface area contributed by atoms with Gasteiger partial charge in [-0.05, 0) is 6.07 Å². The minimum absolute atomic E-state index is 0.114. The van der Waals surface area contributed by atoms with E-state index >= 15 is 0 Å². The molecule has 1 aromatic heterocycles. The van der Waals surface area contributed by atoms with Gasteiger partial charge in [0, 0.05) is 10.0 Å². The normalized spacial score (nSPS) is 10.2. The van der Waals surface area contributed by atoms with Gasteiger partial charge in [-0.1, -0.05) is 34.1 Å². The van der Waals surface area contributed by atoms with Crippen molar-refractivity contribution in [1.82, 2.24) is 9.97 Å². The van der Waals surface area contributed by atoms with Crippen LogP contribution in [0, 0.1) is 0 Å². The first-order chi connectivity index (χ1) is 8.29. The highest BCUT2D eigenvalue weighted by Gasteiger charge is 2.01. The van der Waals surface area contributed by atoms with Crippen LogP contribution in [0.4, 0.5) is 0 Å². The first kappa shape index (κ1) is 12.0. The monoisotopic (exact) mass is 294 g/mol. The molecule has 5 heteroatoms. The Morgan fingerprint density at radius 1 is 1.18 bits per heavy atom. The molecule has 0 spiro atoms. The molecular formula is C12H11BrN2O2. The lowest BCUT2D eigenvalue weighted by atomic mass is 10.2. The molecule has 0 saturated carbocycles. The largest absolute Gasteiger partial charge is 0.472 e. The minimum Gasteiger partial charge on any atom is -0.472 e. The summed E-state index contributed by atoms with van der Waals surface area (Å²) >= 11 is 3.44. The standard InChI is InChI=1S/C12H11BrN2O2/c13-11-4-2-1-3-9(11)8-17-12-6-14-10(7-16)5-15-12/h1-6,16H,7-8H2. The zero-order valence-electron chi connectivity index (χ0n) is 9.01. The van der Waals surface area contributed by atoms with E-state index in [-0.39, 0.29) is 6.61 Å². The van der Waals surface area contributed by atoms with Crippen molar-refractivity contribution < 1.29 is 9.84 Å². The molecule has 88 valence electrons. The molecule has 0 aliphatic carbocycles. The highest BCUT2D eigenvalue weighted by Crippen LogP contribution is 2.17. The van der Waals surface area contributed by atoms with E-state index in [9.17, 15) is 0 Å². The lowest BCUT2D eigenvalue weighted by Crippen LogP contribution is -1.99. The first-order valence-corrected chi connectivity index (χ1v) is 5.87. The summed E-state index contributed by atoms with van der Waals surface area (Å²) in [5, 5.41) is 8.82. The fourth-order valence-corrected chi connectivity index (χ4v) is 1.67. The SMILES string of the molecule is OCc1cnc(OCc2ccccc2Br)cn1. The number of rotatable bonds is 4. The van der Waals surface area contributed by atoms with E-state index in [1.54, 1.807) is 0 Å². The molecule has 17 heavy (non-hydrogen) atoms. The van der Waals surface area contributed by atoms with E-state index in [1.807, 2.05) is 24.3 Å². The lowest BCUT2D eigenvalue weighted by molar-refractivity contribution is 0.271. The average molecular weight is 295 g/mol. The number of aliphatic hydroxyl groups is 1. The third-order valence-electron chi connectivity index (χ3n) is 2.18. The second-order valence-electron chi connectivity index (χ2n) is 3.38. The zero-order chi connectivity index (χ0) is 12.1. The maximum absolute atomic E-state index is 8.82. The summed E-state index contributed by atoms with van der Waals surface area (Å²) in [5.74, 6) is 0.443. The number of hydrogen-bond acceptors (Lipinski definition) is 4. The van der Waals surface area contributed by atoms with Crippen LogP contribution in [0.25, 0.3) is 0 Å². The molecule has 0 aliphatic rings. The van der Waals surface area contributed by atoms with Gasteiger partial charge >= 0.3 is 0 Å². The maximum Gasteiger partial charge on any atom is 0.232 e. The fraction of sp³-hybridized carbons (Fsp3) is 0.167. The Morgan fingerprint density at radius 2 is 2.00 bits per heavy atom. The number of hydrogen-bond donors (Lipinski definition) is 1. The van der Waals surface area contributed by atoms with Crippen molar-refractivity contribution in [2.75, 3.05) is 0 Å². The summed E-state index contributed by atoms with van der Waals surface area (Å²) in [6.07, 6.45) is 3.00. The van der Waals surface area contributed by atoms with Crippen LogP contribution in [-0.2, 0) is 13.2 Å². The van der Waals surface area contributed by atoms with E-state index in [1.165, 1.54) is 12.4 Å². The van der Waals surface area contributed by atoms with Crippen LogP contribution in [0.3, 0.4) is 0 Å². The molecule has 0 aliphatic heterocycles. The van der Waals surface area contributed by atoms with Crippen LogP contribution in [0.2, 0.25) is 0 Å². The molecular weight excluding hydrogens is 284 g/mol. The summed E-state index contributed by atoms with van der Waals surface area (Å²) < 4.78 is 6.49. The number of nitrogens with zero attached hydrogens (tertiary/aromatic N) is 2. The lowest BCUT2D eigenvalue weighted by Gasteiger charge is -2.06. The Balaban J connectivity index is 2.00. The summed E-state index contributed by atoms with van der Waals surface area (Å²) in [6.45, 7) is 0.312. The van der Waals surface area contributed by atoms with Crippen molar-refractivity contribution in [3.05, 3.63) is 52.4 Å².